The second-order valence-electron chi connectivity index (χ2n) is 25.9. The Bertz CT molecular complexity index is 3700. The predicted octanol–water partition coefficient (Wildman–Crippen LogP) is 12.7. The number of hydrogen-bond donors (Lipinski definition) is 5. The van der Waals surface area contributed by atoms with Crippen molar-refractivity contribution in [2.24, 2.45) is 34.5 Å². The summed E-state index contributed by atoms with van der Waals surface area (Å²) < 4.78 is 26.0. The smallest absolute Gasteiger partial charge is 0.316 e. The van der Waals surface area contributed by atoms with E-state index in [1.807, 2.05) is 36.4 Å². The Morgan fingerprint density at radius 2 is 1.55 bits per heavy atom. The second-order valence-corrected chi connectivity index (χ2v) is 25.9. The molecular formula is C72H75NO10. The fourth-order valence-electron chi connectivity index (χ4n) is 18.1. The van der Waals surface area contributed by atoms with Gasteiger partial charge in [-0.25, -0.2) is 0 Å². The van der Waals surface area contributed by atoms with Gasteiger partial charge in [-0.15, -0.1) is 0 Å². The van der Waals surface area contributed by atoms with Crippen LogP contribution < -0.4 is 14.8 Å². The SMILES string of the molecule is COc1cc2c(cc1O)[C@@H]1C[C@@H](O)[C@H]3Cc4cc(O)c(OC)cc4[C@H]4C[C@H](OC(=O)[C@@]56CCC[C@@H](C#CC7(CCCC7)CNCc7cccc(c7)-c7cc(O)cc8ccc5cc78)C6)C[C@@H](OC(C)=O)[C@@H](C2)[C@]1(C1=Cc2ccccc2CC1)[C@H]34. The van der Waals surface area contributed by atoms with E-state index in [-0.39, 0.29) is 70.6 Å². The number of nitrogens with one attached hydrogen (secondary N) is 1. The van der Waals surface area contributed by atoms with Crippen molar-refractivity contribution in [1.82, 2.24) is 5.32 Å². The first-order chi connectivity index (χ1) is 40.3. The van der Waals surface area contributed by atoms with E-state index in [0.717, 1.165) is 119 Å². The number of hydrogen-bond acceptors (Lipinski definition) is 11. The molecule has 11 nitrogen and oxygen atoms in total. The van der Waals surface area contributed by atoms with Gasteiger partial charge in [-0.3, -0.25) is 9.59 Å². The molecule has 4 fully saturated rings. The average molecular weight is 1110 g/mol. The van der Waals surface area contributed by atoms with Gasteiger partial charge in [-0.1, -0.05) is 97.3 Å². The summed E-state index contributed by atoms with van der Waals surface area (Å²) in [6, 6.07) is 34.5. The molecule has 0 saturated heterocycles. The van der Waals surface area contributed by atoms with Gasteiger partial charge in [-0.2, -0.15) is 0 Å². The van der Waals surface area contributed by atoms with E-state index in [1.165, 1.54) is 18.1 Å². The number of aliphatic hydroxyl groups excluding tert-OH is 1. The largest absolute Gasteiger partial charge is 0.508 e. The molecule has 11 heteroatoms. The van der Waals surface area contributed by atoms with Crippen molar-refractivity contribution in [3.63, 3.8) is 0 Å². The second kappa shape index (κ2) is 20.8. The third-order valence-corrected chi connectivity index (χ3v) is 21.6. The summed E-state index contributed by atoms with van der Waals surface area (Å²) in [4.78, 5) is 30.6. The summed E-state index contributed by atoms with van der Waals surface area (Å²) in [7, 11) is 3.12. The molecule has 0 unspecified atom stereocenters. The topological polar surface area (TPSA) is 164 Å². The number of methoxy groups -OCH3 is 2. The number of fused-ring (bicyclic) bond motifs is 12. The fourth-order valence-corrected chi connectivity index (χ4v) is 18.1. The molecule has 83 heavy (non-hydrogen) atoms. The summed E-state index contributed by atoms with van der Waals surface area (Å²) in [5, 5.41) is 53.1. The van der Waals surface area contributed by atoms with Crippen molar-refractivity contribution in [3.8, 4) is 51.7 Å². The number of carbonyl (C=O) groups is 2. The summed E-state index contributed by atoms with van der Waals surface area (Å²) in [6.45, 7) is 2.94. The molecule has 0 radical (unpaired) electrons. The predicted molar refractivity (Wildman–Crippen MR) is 318 cm³/mol. The Kier molecular flexibility index (Phi) is 13.5. The van der Waals surface area contributed by atoms with Gasteiger partial charge in [0.1, 0.15) is 18.0 Å². The molecule has 6 aromatic rings. The Morgan fingerprint density at radius 3 is 2.39 bits per heavy atom. The number of aliphatic hydroxyl groups is 1. The summed E-state index contributed by atoms with van der Waals surface area (Å²) >= 11 is 0. The molecule has 428 valence electrons. The number of rotatable bonds is 6. The van der Waals surface area contributed by atoms with Gasteiger partial charge in [0.15, 0.2) is 23.0 Å². The van der Waals surface area contributed by atoms with Crippen molar-refractivity contribution in [3.05, 3.63) is 153 Å². The minimum atomic E-state index is -1.12. The van der Waals surface area contributed by atoms with Crippen LogP contribution in [0.15, 0.2) is 109 Å². The number of ether oxygens (including phenoxy) is 4. The van der Waals surface area contributed by atoms with Gasteiger partial charge >= 0.3 is 11.9 Å². The first kappa shape index (κ1) is 53.7. The molecule has 11 atom stereocenters. The van der Waals surface area contributed by atoms with Gasteiger partial charge in [-0.05, 0) is 209 Å². The lowest BCUT2D eigenvalue weighted by Gasteiger charge is -2.66. The number of aryl methyl sites for hydroxylation is 1. The summed E-state index contributed by atoms with van der Waals surface area (Å²) in [6.07, 6.45) is 10.4. The maximum atomic E-state index is 16.6. The van der Waals surface area contributed by atoms with Crippen molar-refractivity contribution in [2.75, 3.05) is 20.8 Å². The molecule has 6 aromatic carbocycles. The van der Waals surface area contributed by atoms with Gasteiger partial charge < -0.3 is 44.7 Å². The Balaban J connectivity index is 0.963. The average Bonchev–Trinajstić information content (AvgIpc) is 0.982. The molecule has 6 bridgehead atoms. The quantitative estimate of drug-likeness (QED) is 0.0797. The molecule has 5 N–H and O–H groups in total. The van der Waals surface area contributed by atoms with Gasteiger partial charge in [0.05, 0.1) is 25.7 Å². The van der Waals surface area contributed by atoms with E-state index in [9.17, 15) is 25.2 Å². The highest BCUT2D eigenvalue weighted by molar-refractivity contribution is 5.99. The normalized spacial score (nSPS) is 29.9. The lowest BCUT2D eigenvalue weighted by Crippen LogP contribution is -2.64. The Morgan fingerprint density at radius 1 is 0.747 bits per heavy atom. The molecule has 4 saturated carbocycles. The fraction of sp³-hybridized carbons (Fsp3) is 0.444. The molecule has 1 heterocycles. The van der Waals surface area contributed by atoms with Crippen molar-refractivity contribution in [2.45, 2.75) is 145 Å². The van der Waals surface area contributed by atoms with Gasteiger partial charge in [0, 0.05) is 49.1 Å². The molecule has 0 aromatic heterocycles. The van der Waals surface area contributed by atoms with Crippen LogP contribution in [0.2, 0.25) is 0 Å². The first-order valence-electron chi connectivity index (χ1n) is 30.5. The zero-order valence-electron chi connectivity index (χ0n) is 47.8. The number of aromatic hydroxyl groups is 3. The number of benzene rings is 6. The standard InChI is InChI=1S/C72H75NO10/c1-41(74)82-65-34-53(83-69(79)71-22-9-11-42(38-71)19-23-70(20-6-7-21-70)40-73-39-43-10-8-14-46(24-43)55-32-52(75)26-47-16-17-50(71)31-54(47)55)33-58-56-36-67(81-3)63(77)29-48(56)27-59-62(76)37-60-57-35-64(78)66(80-2)30-49(57)28-61(65)72(60,68(58)59)51-18-15-44-12-4-5-13-45(44)25-51/h4-5,8,10,12-14,16-17,24-26,29-32,35-36,42,53,58-62,65,68,73,75-78H,6-7,9,11,15,18,20-22,27-28,33-34,37-40H2,1-3H3/t42-,53-,58+,59+,60-,61+,62+,65+,68-,71+,72+/m0/s1. The monoisotopic (exact) mass is 1110 g/mol. The highest BCUT2D eigenvalue weighted by atomic mass is 16.6. The van der Waals surface area contributed by atoms with Crippen molar-refractivity contribution in [1.29, 1.82) is 0 Å². The van der Waals surface area contributed by atoms with E-state index in [0.29, 0.717) is 56.6 Å². The van der Waals surface area contributed by atoms with Crippen LogP contribution in [0.25, 0.3) is 28.0 Å². The van der Waals surface area contributed by atoms with E-state index in [1.54, 1.807) is 20.3 Å². The van der Waals surface area contributed by atoms with Crippen molar-refractivity contribution >= 4 is 28.8 Å². The highest BCUT2D eigenvalue weighted by Crippen LogP contribution is 2.72. The van der Waals surface area contributed by atoms with E-state index < -0.39 is 35.1 Å². The van der Waals surface area contributed by atoms with Gasteiger partial charge in [0.2, 0.25) is 0 Å². The van der Waals surface area contributed by atoms with E-state index >= 15 is 4.79 Å². The van der Waals surface area contributed by atoms with E-state index in [2.05, 4.69) is 83.9 Å². The van der Waals surface area contributed by atoms with E-state index in [4.69, 9.17) is 18.9 Å². The van der Waals surface area contributed by atoms with Crippen molar-refractivity contribution < 1.29 is 49.0 Å². The van der Waals surface area contributed by atoms with Crippen LogP contribution >= 0.6 is 0 Å². The minimum Gasteiger partial charge on any atom is -0.508 e. The molecule has 8 aliphatic rings. The Hall–Kier alpha value is -7.26. The minimum absolute atomic E-state index is 0.0254. The van der Waals surface area contributed by atoms with Crippen LogP contribution in [-0.2, 0) is 50.3 Å². The molecule has 1 spiro atoms. The summed E-state index contributed by atoms with van der Waals surface area (Å²) in [5.41, 5.74) is 9.28. The lowest BCUT2D eigenvalue weighted by atomic mass is 9.38. The maximum absolute atomic E-state index is 16.6. The Labute approximate surface area is 486 Å². The van der Waals surface area contributed by atoms with Crippen LogP contribution in [-0.4, -0.2) is 71.4 Å². The lowest BCUT2D eigenvalue weighted by molar-refractivity contribution is -0.181. The first-order valence-corrected chi connectivity index (χ1v) is 30.5. The number of phenolic OH excluding ortho intramolecular Hbond substituents is 3. The zero-order chi connectivity index (χ0) is 56.9. The molecular weight excluding hydrogens is 1040 g/mol. The van der Waals surface area contributed by atoms with Crippen LogP contribution in [0.1, 0.15) is 140 Å². The molecule has 1 aliphatic heterocycles. The third-order valence-electron chi connectivity index (χ3n) is 21.6. The van der Waals surface area contributed by atoms with Crippen LogP contribution in [0.3, 0.4) is 0 Å². The number of esters is 2. The number of phenols is 3. The number of allylic oxidation sites excluding steroid dienone is 1. The van der Waals surface area contributed by atoms with Gasteiger partial charge in [0.25, 0.3) is 0 Å². The van der Waals surface area contributed by atoms with Crippen LogP contribution in [0, 0.1) is 46.3 Å². The van der Waals surface area contributed by atoms with Crippen LogP contribution in [0.4, 0.5) is 0 Å². The number of carbonyl (C=O) groups excluding carboxylic acids is 2. The zero-order valence-corrected chi connectivity index (χ0v) is 47.8. The summed E-state index contributed by atoms with van der Waals surface area (Å²) in [5.74, 6) is 6.14. The third kappa shape index (κ3) is 8.99. The molecule has 7 aliphatic carbocycles. The highest BCUT2D eigenvalue weighted by Gasteiger charge is 2.68. The molecule has 14 rings (SSSR count). The van der Waals surface area contributed by atoms with Crippen LogP contribution in [0.5, 0.6) is 28.7 Å². The maximum Gasteiger partial charge on any atom is 0.316 e. The molecule has 0 amide bonds.